The van der Waals surface area contributed by atoms with E-state index in [9.17, 15) is 13.2 Å². The highest BCUT2D eigenvalue weighted by Crippen LogP contribution is 2.35. The van der Waals surface area contributed by atoms with Crippen molar-refractivity contribution in [2.75, 3.05) is 31.4 Å². The van der Waals surface area contributed by atoms with Crippen LogP contribution in [0.5, 0.6) is 5.75 Å². The fourth-order valence-electron chi connectivity index (χ4n) is 3.13. The Morgan fingerprint density at radius 1 is 1.19 bits per heavy atom. The maximum atomic E-state index is 12.9. The Balaban J connectivity index is 1.90. The van der Waals surface area contributed by atoms with E-state index in [1.54, 1.807) is 54.5 Å². The number of nitrogens with one attached hydrogen (secondary N) is 1. The first kappa shape index (κ1) is 19.2. The van der Waals surface area contributed by atoms with E-state index in [0.29, 0.717) is 23.5 Å². The molecule has 27 heavy (non-hydrogen) atoms. The Morgan fingerprint density at radius 3 is 2.44 bits per heavy atom. The van der Waals surface area contributed by atoms with Crippen LogP contribution in [-0.2, 0) is 16.4 Å². The van der Waals surface area contributed by atoms with Crippen molar-refractivity contribution >= 4 is 27.4 Å². The van der Waals surface area contributed by atoms with Crippen molar-refractivity contribution in [3.05, 3.63) is 48.0 Å². The third kappa shape index (κ3) is 3.63. The summed E-state index contributed by atoms with van der Waals surface area (Å²) in [5.41, 5.74) is 2.21. The normalized spacial score (nSPS) is 16.3. The van der Waals surface area contributed by atoms with Gasteiger partial charge in [0.25, 0.3) is 0 Å². The molecule has 0 saturated carbocycles. The third-order valence-corrected chi connectivity index (χ3v) is 6.42. The number of urea groups is 1. The Bertz CT molecular complexity index is 955. The lowest BCUT2D eigenvalue weighted by molar-refractivity contribution is 0.256. The van der Waals surface area contributed by atoms with E-state index in [1.807, 2.05) is 6.92 Å². The molecule has 2 aromatic carbocycles. The van der Waals surface area contributed by atoms with Crippen LogP contribution < -0.4 is 15.0 Å². The number of rotatable bonds is 4. The van der Waals surface area contributed by atoms with Gasteiger partial charge in [-0.3, -0.25) is 4.90 Å². The van der Waals surface area contributed by atoms with Gasteiger partial charge in [-0.1, -0.05) is 6.07 Å². The van der Waals surface area contributed by atoms with Crippen molar-refractivity contribution in [1.29, 1.82) is 0 Å². The van der Waals surface area contributed by atoms with Gasteiger partial charge < -0.3 is 10.1 Å². The monoisotopic (exact) mass is 389 g/mol. The van der Waals surface area contributed by atoms with Crippen LogP contribution in [0, 0.1) is 0 Å². The minimum atomic E-state index is -3.57. The van der Waals surface area contributed by atoms with E-state index in [1.165, 1.54) is 14.1 Å². The van der Waals surface area contributed by atoms with E-state index in [0.717, 1.165) is 9.87 Å². The highest BCUT2D eigenvalue weighted by molar-refractivity contribution is 7.89. The number of amides is 2. The minimum absolute atomic E-state index is 0.0736. The van der Waals surface area contributed by atoms with Gasteiger partial charge in [0.2, 0.25) is 10.0 Å². The highest BCUT2D eigenvalue weighted by Gasteiger charge is 2.32. The van der Waals surface area contributed by atoms with Gasteiger partial charge in [0.05, 0.1) is 17.7 Å². The number of ether oxygens (including phenoxy) is 1. The molecule has 0 saturated heterocycles. The Hall–Kier alpha value is -2.58. The van der Waals surface area contributed by atoms with Crippen LogP contribution in [-0.4, -0.2) is 46.0 Å². The van der Waals surface area contributed by atoms with Gasteiger partial charge in [0, 0.05) is 25.8 Å². The van der Waals surface area contributed by atoms with E-state index in [2.05, 4.69) is 5.32 Å². The van der Waals surface area contributed by atoms with Crippen LogP contribution in [0.25, 0.3) is 0 Å². The maximum Gasteiger partial charge on any atom is 0.326 e. The third-order valence-electron chi connectivity index (χ3n) is 4.61. The second-order valence-electron chi connectivity index (χ2n) is 6.66. The number of methoxy groups -OCH3 is 1. The highest BCUT2D eigenvalue weighted by atomic mass is 32.2. The Morgan fingerprint density at radius 2 is 1.85 bits per heavy atom. The molecule has 0 bridgehead atoms. The first-order valence-corrected chi connectivity index (χ1v) is 9.97. The first-order valence-electron chi connectivity index (χ1n) is 8.53. The van der Waals surface area contributed by atoms with Gasteiger partial charge in [0.15, 0.2) is 0 Å². The Kier molecular flexibility index (Phi) is 5.12. The summed E-state index contributed by atoms with van der Waals surface area (Å²) in [6.07, 6.45) is 0.674. The van der Waals surface area contributed by atoms with Crippen molar-refractivity contribution in [2.45, 2.75) is 24.3 Å². The van der Waals surface area contributed by atoms with E-state index in [-0.39, 0.29) is 17.0 Å². The zero-order valence-electron chi connectivity index (χ0n) is 15.8. The van der Waals surface area contributed by atoms with Gasteiger partial charge in [-0.25, -0.2) is 17.5 Å². The summed E-state index contributed by atoms with van der Waals surface area (Å²) >= 11 is 0. The van der Waals surface area contributed by atoms with Crippen molar-refractivity contribution in [1.82, 2.24) is 4.31 Å². The quantitative estimate of drug-likeness (QED) is 0.872. The number of sulfonamides is 1. The summed E-state index contributed by atoms with van der Waals surface area (Å²) < 4.78 is 31.2. The van der Waals surface area contributed by atoms with Crippen molar-refractivity contribution in [3.63, 3.8) is 0 Å². The molecule has 1 N–H and O–H groups in total. The van der Waals surface area contributed by atoms with Gasteiger partial charge in [0.1, 0.15) is 5.75 Å². The second kappa shape index (κ2) is 7.21. The van der Waals surface area contributed by atoms with Gasteiger partial charge in [-0.2, -0.15) is 0 Å². The molecular weight excluding hydrogens is 366 g/mol. The summed E-state index contributed by atoms with van der Waals surface area (Å²) in [7, 11) is 0.979. The van der Waals surface area contributed by atoms with Gasteiger partial charge in [-0.15, -0.1) is 0 Å². The second-order valence-corrected chi connectivity index (χ2v) is 8.81. The molecule has 0 fully saturated rings. The van der Waals surface area contributed by atoms with E-state index in [4.69, 9.17) is 4.74 Å². The van der Waals surface area contributed by atoms with Crippen molar-refractivity contribution in [3.8, 4) is 5.75 Å². The van der Waals surface area contributed by atoms with Crippen molar-refractivity contribution < 1.29 is 17.9 Å². The number of hydrogen-bond acceptors (Lipinski definition) is 4. The molecule has 8 heteroatoms. The molecule has 2 amide bonds. The summed E-state index contributed by atoms with van der Waals surface area (Å²) in [6, 6.07) is 11.6. The molecule has 1 unspecified atom stereocenters. The molecule has 0 radical (unpaired) electrons. The Labute approximate surface area is 159 Å². The molecular formula is C19H23N3O4S. The van der Waals surface area contributed by atoms with Gasteiger partial charge in [-0.05, 0) is 55.3 Å². The number of nitrogens with zero attached hydrogens (tertiary/aromatic N) is 2. The molecule has 0 spiro atoms. The SMILES string of the molecule is COc1ccc(NC(=O)N2c3cc(S(=O)(=O)N(C)C)ccc3CC2C)cc1. The number of carbonyl (C=O) groups is 1. The largest absolute Gasteiger partial charge is 0.497 e. The summed E-state index contributed by atoms with van der Waals surface area (Å²) in [4.78, 5) is 14.6. The molecule has 144 valence electrons. The molecule has 0 aliphatic carbocycles. The predicted molar refractivity (Wildman–Crippen MR) is 105 cm³/mol. The average Bonchev–Trinajstić information content (AvgIpc) is 2.97. The predicted octanol–water partition coefficient (Wildman–Crippen LogP) is 2.93. The number of anilines is 2. The zero-order valence-corrected chi connectivity index (χ0v) is 16.6. The number of benzene rings is 2. The van der Waals surface area contributed by atoms with Crippen LogP contribution in [0.2, 0.25) is 0 Å². The lowest BCUT2D eigenvalue weighted by Gasteiger charge is -2.23. The molecule has 1 atom stereocenters. The first-order chi connectivity index (χ1) is 12.7. The van der Waals surface area contributed by atoms with Gasteiger partial charge >= 0.3 is 6.03 Å². The smallest absolute Gasteiger partial charge is 0.326 e. The lowest BCUT2D eigenvalue weighted by atomic mass is 10.1. The van der Waals surface area contributed by atoms with Crippen molar-refractivity contribution in [2.24, 2.45) is 0 Å². The van der Waals surface area contributed by atoms with E-state index < -0.39 is 10.0 Å². The number of fused-ring (bicyclic) bond motifs is 1. The summed E-state index contributed by atoms with van der Waals surface area (Å²) in [6.45, 7) is 1.94. The molecule has 3 rings (SSSR count). The fourth-order valence-corrected chi connectivity index (χ4v) is 4.05. The lowest BCUT2D eigenvalue weighted by Crippen LogP contribution is -2.39. The van der Waals surface area contributed by atoms with Crippen LogP contribution in [0.3, 0.4) is 0 Å². The molecule has 1 heterocycles. The summed E-state index contributed by atoms with van der Waals surface area (Å²) in [5.74, 6) is 0.700. The van der Waals surface area contributed by atoms with Crippen LogP contribution in [0.4, 0.5) is 16.2 Å². The maximum absolute atomic E-state index is 12.9. The zero-order chi connectivity index (χ0) is 19.8. The fraction of sp³-hybridized carbons (Fsp3) is 0.316. The van der Waals surface area contributed by atoms with Crippen LogP contribution >= 0.6 is 0 Å². The molecule has 2 aromatic rings. The molecule has 1 aliphatic rings. The average molecular weight is 389 g/mol. The standard InChI is InChI=1S/C19H23N3O4S/c1-13-11-14-5-10-17(27(24,25)21(2)3)12-18(14)22(13)19(23)20-15-6-8-16(26-4)9-7-15/h5-10,12-13H,11H2,1-4H3,(H,20,23). The minimum Gasteiger partial charge on any atom is -0.497 e. The molecule has 7 nitrogen and oxygen atoms in total. The number of carbonyl (C=O) groups excluding carboxylic acids is 1. The van der Waals surface area contributed by atoms with E-state index >= 15 is 0 Å². The van der Waals surface area contributed by atoms with Crippen LogP contribution in [0.1, 0.15) is 12.5 Å². The summed E-state index contributed by atoms with van der Waals surface area (Å²) in [5, 5.41) is 2.86. The molecule has 0 aromatic heterocycles. The van der Waals surface area contributed by atoms with Crippen LogP contribution in [0.15, 0.2) is 47.4 Å². The molecule has 1 aliphatic heterocycles. The topological polar surface area (TPSA) is 79.0 Å². The number of hydrogen-bond donors (Lipinski definition) is 1.